The van der Waals surface area contributed by atoms with Gasteiger partial charge >= 0.3 is 0 Å². The highest BCUT2D eigenvalue weighted by Gasteiger charge is 2.16. The van der Waals surface area contributed by atoms with Gasteiger partial charge in [-0.05, 0) is 38.0 Å². The van der Waals surface area contributed by atoms with Crippen molar-refractivity contribution in [3.63, 3.8) is 0 Å². The lowest BCUT2D eigenvalue weighted by molar-refractivity contribution is 0.0268. The maximum Gasteiger partial charge on any atom is 0.191 e. The Bertz CT molecular complexity index is 509. The molecule has 0 aliphatic rings. The van der Waals surface area contributed by atoms with Crippen molar-refractivity contribution in [2.45, 2.75) is 32.9 Å². The minimum atomic E-state index is -0.226. The van der Waals surface area contributed by atoms with Gasteiger partial charge in [0.05, 0.1) is 5.60 Å². The van der Waals surface area contributed by atoms with Crippen LogP contribution in [-0.2, 0) is 11.3 Å². The monoisotopic (exact) mass is 306 g/mol. The number of nitrogens with one attached hydrogen (secondary N) is 2. The van der Waals surface area contributed by atoms with Gasteiger partial charge in [-0.25, -0.2) is 0 Å². The fourth-order valence-electron chi connectivity index (χ4n) is 2.01. The van der Waals surface area contributed by atoms with Gasteiger partial charge in [0.25, 0.3) is 0 Å². The van der Waals surface area contributed by atoms with E-state index in [-0.39, 0.29) is 5.60 Å². The number of guanidine groups is 1. The summed E-state index contributed by atoms with van der Waals surface area (Å²) in [6.45, 7) is 7.60. The third-order valence-corrected chi connectivity index (χ3v) is 3.63. The van der Waals surface area contributed by atoms with Crippen molar-refractivity contribution in [1.29, 1.82) is 0 Å². The van der Waals surface area contributed by atoms with Crippen LogP contribution in [0, 0.1) is 6.92 Å². The van der Waals surface area contributed by atoms with Crippen LogP contribution in [0.5, 0.6) is 0 Å². The summed E-state index contributed by atoms with van der Waals surface area (Å²) in [7, 11) is 7.61. The molecule has 0 aliphatic heterocycles. The van der Waals surface area contributed by atoms with Crippen molar-refractivity contribution in [2.75, 3.05) is 39.7 Å². The van der Waals surface area contributed by atoms with Crippen LogP contribution in [0.3, 0.4) is 0 Å². The van der Waals surface area contributed by atoms with E-state index >= 15 is 0 Å². The van der Waals surface area contributed by atoms with Crippen LogP contribution in [-0.4, -0.2) is 46.4 Å². The zero-order chi connectivity index (χ0) is 16.8. The molecule has 0 saturated carbocycles. The number of rotatable bonds is 6. The fraction of sp³-hybridized carbons (Fsp3) is 0.588. The number of benzene rings is 1. The number of methoxy groups -OCH3 is 1. The normalized spacial score (nSPS) is 12.2. The number of aliphatic imine (C=N–C) groups is 1. The number of ether oxygens (including phenoxy) is 1. The van der Waals surface area contributed by atoms with Gasteiger partial charge in [0.2, 0.25) is 0 Å². The van der Waals surface area contributed by atoms with E-state index in [0.717, 1.165) is 12.5 Å². The predicted octanol–water partition coefficient (Wildman–Crippen LogP) is 2.15. The smallest absolute Gasteiger partial charge is 0.191 e. The van der Waals surface area contributed by atoms with Gasteiger partial charge in [-0.3, -0.25) is 4.99 Å². The Labute approximate surface area is 134 Å². The largest absolute Gasteiger partial charge is 0.377 e. The number of aryl methyl sites for hydroxylation is 1. The van der Waals surface area contributed by atoms with Crippen molar-refractivity contribution in [3.05, 3.63) is 29.3 Å². The number of anilines is 1. The Morgan fingerprint density at radius 2 is 1.95 bits per heavy atom. The van der Waals surface area contributed by atoms with Crippen molar-refractivity contribution in [3.8, 4) is 0 Å². The molecule has 1 aromatic rings. The molecule has 0 aromatic heterocycles. The lowest BCUT2D eigenvalue weighted by Crippen LogP contribution is -2.45. The average molecular weight is 306 g/mol. The highest BCUT2D eigenvalue weighted by atomic mass is 16.5. The van der Waals surface area contributed by atoms with E-state index in [1.54, 1.807) is 14.2 Å². The van der Waals surface area contributed by atoms with Gasteiger partial charge in [0, 0.05) is 47.0 Å². The third-order valence-electron chi connectivity index (χ3n) is 3.63. The van der Waals surface area contributed by atoms with Gasteiger partial charge < -0.3 is 20.3 Å². The molecule has 0 radical (unpaired) electrons. The van der Waals surface area contributed by atoms with Crippen molar-refractivity contribution < 1.29 is 4.74 Å². The molecule has 0 spiro atoms. The van der Waals surface area contributed by atoms with Crippen LogP contribution >= 0.6 is 0 Å². The van der Waals surface area contributed by atoms with Gasteiger partial charge in [-0.2, -0.15) is 0 Å². The van der Waals surface area contributed by atoms with E-state index in [0.29, 0.717) is 6.54 Å². The molecule has 0 atom stereocenters. The Morgan fingerprint density at radius 1 is 1.27 bits per heavy atom. The number of hydrogen-bond donors (Lipinski definition) is 2. The van der Waals surface area contributed by atoms with Gasteiger partial charge in [0.15, 0.2) is 5.96 Å². The summed E-state index contributed by atoms with van der Waals surface area (Å²) in [5.41, 5.74) is 3.50. The van der Waals surface area contributed by atoms with E-state index in [2.05, 4.69) is 59.7 Å². The van der Waals surface area contributed by atoms with Crippen LogP contribution in [0.2, 0.25) is 0 Å². The van der Waals surface area contributed by atoms with E-state index in [1.807, 2.05) is 13.8 Å². The fourth-order valence-corrected chi connectivity index (χ4v) is 2.01. The molecule has 0 aliphatic carbocycles. The molecular formula is C17H30N4O. The predicted molar refractivity (Wildman–Crippen MR) is 94.8 cm³/mol. The minimum absolute atomic E-state index is 0.226. The first-order chi connectivity index (χ1) is 10.3. The topological polar surface area (TPSA) is 48.9 Å². The highest BCUT2D eigenvalue weighted by molar-refractivity contribution is 5.79. The highest BCUT2D eigenvalue weighted by Crippen LogP contribution is 2.20. The molecular weight excluding hydrogens is 276 g/mol. The van der Waals surface area contributed by atoms with Gasteiger partial charge in [-0.1, -0.05) is 12.1 Å². The molecule has 22 heavy (non-hydrogen) atoms. The molecule has 0 heterocycles. The zero-order valence-corrected chi connectivity index (χ0v) is 14.9. The zero-order valence-electron chi connectivity index (χ0n) is 14.9. The molecule has 0 fully saturated rings. The molecule has 1 rings (SSSR count). The van der Waals surface area contributed by atoms with Gasteiger partial charge in [0.1, 0.15) is 0 Å². The molecule has 0 saturated heterocycles. The van der Waals surface area contributed by atoms with E-state index in [9.17, 15) is 0 Å². The second-order valence-corrected chi connectivity index (χ2v) is 6.27. The summed E-state index contributed by atoms with van der Waals surface area (Å²) in [5, 5.41) is 6.65. The second kappa shape index (κ2) is 8.03. The molecule has 5 heteroatoms. The summed E-state index contributed by atoms with van der Waals surface area (Å²) >= 11 is 0. The van der Waals surface area contributed by atoms with Gasteiger partial charge in [-0.15, -0.1) is 0 Å². The van der Waals surface area contributed by atoms with Crippen LogP contribution in [0.15, 0.2) is 23.2 Å². The Kier molecular flexibility index (Phi) is 6.68. The quantitative estimate of drug-likeness (QED) is 0.624. The summed E-state index contributed by atoms with van der Waals surface area (Å²) in [6.07, 6.45) is 0. The summed E-state index contributed by atoms with van der Waals surface area (Å²) in [4.78, 5) is 6.39. The summed E-state index contributed by atoms with van der Waals surface area (Å²) < 4.78 is 5.41. The lowest BCUT2D eigenvalue weighted by Gasteiger charge is -2.25. The Balaban J connectivity index is 2.68. The van der Waals surface area contributed by atoms with E-state index < -0.39 is 0 Å². The molecule has 0 amide bonds. The van der Waals surface area contributed by atoms with Crippen molar-refractivity contribution in [1.82, 2.24) is 10.6 Å². The van der Waals surface area contributed by atoms with E-state index in [1.165, 1.54) is 16.8 Å². The first-order valence-corrected chi connectivity index (χ1v) is 7.55. The summed E-state index contributed by atoms with van der Waals surface area (Å²) in [5.74, 6) is 0.774. The van der Waals surface area contributed by atoms with Crippen molar-refractivity contribution in [2.24, 2.45) is 4.99 Å². The molecule has 1 aromatic carbocycles. The van der Waals surface area contributed by atoms with Crippen LogP contribution in [0.1, 0.15) is 25.0 Å². The second-order valence-electron chi connectivity index (χ2n) is 6.27. The van der Waals surface area contributed by atoms with Crippen LogP contribution < -0.4 is 15.5 Å². The molecule has 2 N–H and O–H groups in total. The Hall–Kier alpha value is -1.75. The molecule has 0 unspecified atom stereocenters. The average Bonchev–Trinajstić information content (AvgIpc) is 2.48. The van der Waals surface area contributed by atoms with Crippen LogP contribution in [0.25, 0.3) is 0 Å². The SMILES string of the molecule is CN=C(NCc1ccc(C)cc1N(C)C)NCC(C)(C)OC. The maximum atomic E-state index is 5.41. The third kappa shape index (κ3) is 5.56. The minimum Gasteiger partial charge on any atom is -0.377 e. The first-order valence-electron chi connectivity index (χ1n) is 7.55. The molecule has 5 nitrogen and oxygen atoms in total. The molecule has 124 valence electrons. The standard InChI is InChI=1S/C17H30N4O/c1-13-8-9-14(15(10-13)21(5)6)11-19-16(18-4)20-12-17(2,3)22-7/h8-10H,11-12H2,1-7H3,(H2,18,19,20). The van der Waals surface area contributed by atoms with E-state index in [4.69, 9.17) is 4.74 Å². The molecule has 0 bridgehead atoms. The Morgan fingerprint density at radius 3 is 2.50 bits per heavy atom. The first kappa shape index (κ1) is 18.3. The number of hydrogen-bond acceptors (Lipinski definition) is 3. The summed E-state index contributed by atoms with van der Waals surface area (Å²) in [6, 6.07) is 6.49. The van der Waals surface area contributed by atoms with Crippen LogP contribution in [0.4, 0.5) is 5.69 Å². The number of nitrogens with zero attached hydrogens (tertiary/aromatic N) is 2. The van der Waals surface area contributed by atoms with Crippen molar-refractivity contribution >= 4 is 11.6 Å². The lowest BCUT2D eigenvalue weighted by atomic mass is 10.1. The maximum absolute atomic E-state index is 5.41.